The molecule has 0 amide bonds. The lowest BCUT2D eigenvalue weighted by atomic mass is 9.77. The molecule has 0 spiro atoms. The molecule has 0 aliphatic carbocycles. The molecule has 0 saturated carbocycles. The summed E-state index contributed by atoms with van der Waals surface area (Å²) in [7, 11) is 0. The molecular formula is C21H21NO3. The van der Waals surface area contributed by atoms with Crippen LogP contribution in [-0.2, 0) is 16.9 Å². The topological polar surface area (TPSA) is 49.8 Å². The van der Waals surface area contributed by atoms with E-state index < -0.39 is 11.6 Å². The van der Waals surface area contributed by atoms with Gasteiger partial charge in [0, 0.05) is 6.54 Å². The number of likely N-dealkylation sites (tertiary alicyclic amines) is 1. The number of carboxylic acids is 1. The summed E-state index contributed by atoms with van der Waals surface area (Å²) in [6, 6.07) is 12.0. The van der Waals surface area contributed by atoms with Crippen LogP contribution in [0.5, 0.6) is 0 Å². The highest BCUT2D eigenvalue weighted by molar-refractivity contribution is 5.88. The smallest absolute Gasteiger partial charge is 0.335 e. The van der Waals surface area contributed by atoms with Crippen molar-refractivity contribution in [3.05, 3.63) is 69.8 Å². The van der Waals surface area contributed by atoms with Crippen LogP contribution in [0.4, 0.5) is 0 Å². The average Bonchev–Trinajstić information content (AvgIpc) is 3.28. The predicted molar refractivity (Wildman–Crippen MR) is 93.7 cm³/mol. The molecule has 2 aromatic carbocycles. The zero-order valence-corrected chi connectivity index (χ0v) is 14.3. The molecule has 4 nitrogen and oxygen atoms in total. The third-order valence-electron chi connectivity index (χ3n) is 5.97. The monoisotopic (exact) mass is 335 g/mol. The molecule has 3 heterocycles. The molecule has 3 aliphatic heterocycles. The number of aromatic carboxylic acids is 1. The number of carbonyl (C=O) groups is 1. The minimum atomic E-state index is -0.893. The number of nitrogens with zero attached hydrogens (tertiary/aromatic N) is 1. The summed E-state index contributed by atoms with van der Waals surface area (Å²) in [5, 5.41) is 9.29. The van der Waals surface area contributed by atoms with Gasteiger partial charge in [-0.3, -0.25) is 4.90 Å². The summed E-state index contributed by atoms with van der Waals surface area (Å²) >= 11 is 0. The van der Waals surface area contributed by atoms with Crippen molar-refractivity contribution in [1.29, 1.82) is 0 Å². The van der Waals surface area contributed by atoms with Gasteiger partial charge in [0.15, 0.2) is 0 Å². The minimum Gasteiger partial charge on any atom is -0.478 e. The average molecular weight is 335 g/mol. The van der Waals surface area contributed by atoms with Gasteiger partial charge >= 0.3 is 5.97 Å². The summed E-state index contributed by atoms with van der Waals surface area (Å²) in [6.07, 6.45) is 2.53. The Labute approximate surface area is 147 Å². The highest BCUT2D eigenvalue weighted by Crippen LogP contribution is 2.58. The molecule has 2 unspecified atom stereocenters. The van der Waals surface area contributed by atoms with Gasteiger partial charge in [-0.05, 0) is 72.8 Å². The van der Waals surface area contributed by atoms with Crippen molar-refractivity contribution in [3.8, 4) is 0 Å². The van der Waals surface area contributed by atoms with Crippen molar-refractivity contribution >= 4 is 5.97 Å². The third kappa shape index (κ3) is 2.11. The Morgan fingerprint density at radius 2 is 1.96 bits per heavy atom. The number of hydrogen-bond donors (Lipinski definition) is 1. The van der Waals surface area contributed by atoms with E-state index in [-0.39, 0.29) is 6.10 Å². The highest BCUT2D eigenvalue weighted by Gasteiger charge is 2.51. The van der Waals surface area contributed by atoms with Gasteiger partial charge in [-0.15, -0.1) is 0 Å². The molecule has 5 rings (SSSR count). The summed E-state index contributed by atoms with van der Waals surface area (Å²) in [5.74, 6) is -0.893. The molecular weight excluding hydrogens is 314 g/mol. The van der Waals surface area contributed by atoms with Crippen molar-refractivity contribution in [1.82, 2.24) is 4.90 Å². The second kappa shape index (κ2) is 5.16. The van der Waals surface area contributed by atoms with Gasteiger partial charge in [0.2, 0.25) is 0 Å². The van der Waals surface area contributed by atoms with E-state index in [0.717, 1.165) is 17.7 Å². The van der Waals surface area contributed by atoms with E-state index in [2.05, 4.69) is 30.0 Å². The normalized spacial score (nSPS) is 26.7. The van der Waals surface area contributed by atoms with E-state index in [1.54, 1.807) is 12.1 Å². The van der Waals surface area contributed by atoms with Gasteiger partial charge in [0.05, 0.1) is 5.56 Å². The van der Waals surface area contributed by atoms with Crippen LogP contribution < -0.4 is 0 Å². The zero-order valence-electron chi connectivity index (χ0n) is 14.3. The second-order valence-electron chi connectivity index (χ2n) is 7.54. The maximum atomic E-state index is 11.3. The lowest BCUT2D eigenvalue weighted by Gasteiger charge is -2.25. The highest BCUT2D eigenvalue weighted by atomic mass is 16.5. The number of benzene rings is 2. The number of hydrogen-bond acceptors (Lipinski definition) is 3. The first-order chi connectivity index (χ1) is 12.1. The molecule has 0 radical (unpaired) electrons. The largest absolute Gasteiger partial charge is 0.478 e. The zero-order chi connectivity index (χ0) is 17.2. The summed E-state index contributed by atoms with van der Waals surface area (Å²) in [4.78, 5) is 13.8. The molecule has 0 aromatic heterocycles. The fraction of sp³-hybridized carbons (Fsp3) is 0.381. The molecule has 3 aliphatic rings. The SMILES string of the molecule is CC12OC(c3cc(CN4CCCC4)ccc31)c1ccc(C(=O)O)cc12. The molecule has 2 aromatic rings. The maximum absolute atomic E-state index is 11.3. The first-order valence-corrected chi connectivity index (χ1v) is 8.97. The van der Waals surface area contributed by atoms with Crippen molar-refractivity contribution < 1.29 is 14.6 Å². The number of ether oxygens (including phenoxy) is 1. The summed E-state index contributed by atoms with van der Waals surface area (Å²) in [6.45, 7) is 5.44. The van der Waals surface area contributed by atoms with Crippen LogP contribution in [-0.4, -0.2) is 29.1 Å². The van der Waals surface area contributed by atoms with Crippen molar-refractivity contribution in [2.45, 2.75) is 38.0 Å². The predicted octanol–water partition coefficient (Wildman–Crippen LogP) is 3.68. The fourth-order valence-electron chi connectivity index (χ4n) is 4.69. The Morgan fingerprint density at radius 3 is 2.72 bits per heavy atom. The van der Waals surface area contributed by atoms with Crippen molar-refractivity contribution in [3.63, 3.8) is 0 Å². The molecule has 4 heteroatoms. The van der Waals surface area contributed by atoms with Crippen molar-refractivity contribution in [2.75, 3.05) is 13.1 Å². The van der Waals surface area contributed by atoms with Crippen LogP contribution >= 0.6 is 0 Å². The molecule has 1 fully saturated rings. The van der Waals surface area contributed by atoms with Crippen LogP contribution in [0.25, 0.3) is 0 Å². The molecule has 2 atom stereocenters. The molecule has 1 saturated heterocycles. The van der Waals surface area contributed by atoms with E-state index in [0.29, 0.717) is 5.56 Å². The van der Waals surface area contributed by atoms with E-state index in [4.69, 9.17) is 4.74 Å². The van der Waals surface area contributed by atoms with Gasteiger partial charge in [0.25, 0.3) is 0 Å². The summed E-state index contributed by atoms with van der Waals surface area (Å²) in [5.41, 5.74) is 5.66. The minimum absolute atomic E-state index is 0.0728. The van der Waals surface area contributed by atoms with Gasteiger partial charge in [-0.25, -0.2) is 4.79 Å². The Hall–Kier alpha value is -2.17. The molecule has 1 N–H and O–H groups in total. The standard InChI is InChI=1S/C21H21NO3/c1-21-17-7-4-13(12-22-8-2-3-9-22)10-16(17)19(25-21)15-6-5-14(20(23)24)11-18(15)21/h4-7,10-11,19H,2-3,8-9,12H2,1H3,(H,23,24). The number of carboxylic acid groups (broad SMARTS) is 1. The molecule has 128 valence electrons. The van der Waals surface area contributed by atoms with Crippen LogP contribution in [0.1, 0.15) is 64.0 Å². The van der Waals surface area contributed by atoms with Gasteiger partial charge < -0.3 is 9.84 Å². The third-order valence-corrected chi connectivity index (χ3v) is 5.97. The van der Waals surface area contributed by atoms with Crippen molar-refractivity contribution in [2.24, 2.45) is 0 Å². The quantitative estimate of drug-likeness (QED) is 0.930. The van der Waals surface area contributed by atoms with Gasteiger partial charge in [-0.2, -0.15) is 0 Å². The number of fused-ring (bicyclic) bond motifs is 8. The van der Waals surface area contributed by atoms with E-state index in [1.807, 2.05) is 6.07 Å². The Morgan fingerprint density at radius 1 is 1.16 bits per heavy atom. The Kier molecular flexibility index (Phi) is 3.12. The molecule has 25 heavy (non-hydrogen) atoms. The Balaban J connectivity index is 1.54. The lowest BCUT2D eigenvalue weighted by molar-refractivity contribution is 0.00899. The fourth-order valence-corrected chi connectivity index (χ4v) is 4.69. The Bertz CT molecular complexity index is 885. The van der Waals surface area contributed by atoms with Gasteiger partial charge in [0.1, 0.15) is 11.7 Å². The first-order valence-electron chi connectivity index (χ1n) is 8.97. The van der Waals surface area contributed by atoms with Crippen LogP contribution in [0, 0.1) is 0 Å². The maximum Gasteiger partial charge on any atom is 0.335 e. The first kappa shape index (κ1) is 15.1. The number of rotatable bonds is 3. The van der Waals surface area contributed by atoms with Crippen LogP contribution in [0.3, 0.4) is 0 Å². The van der Waals surface area contributed by atoms with E-state index in [1.165, 1.54) is 42.6 Å². The van der Waals surface area contributed by atoms with E-state index >= 15 is 0 Å². The van der Waals surface area contributed by atoms with Gasteiger partial charge in [-0.1, -0.05) is 24.3 Å². The van der Waals surface area contributed by atoms with Crippen LogP contribution in [0.2, 0.25) is 0 Å². The second-order valence-corrected chi connectivity index (χ2v) is 7.54. The summed E-state index contributed by atoms with van der Waals surface area (Å²) < 4.78 is 6.35. The molecule has 2 bridgehead atoms. The van der Waals surface area contributed by atoms with Crippen LogP contribution in [0.15, 0.2) is 36.4 Å². The lowest BCUT2D eigenvalue weighted by Crippen LogP contribution is -2.22. The van der Waals surface area contributed by atoms with E-state index in [9.17, 15) is 9.90 Å².